The first-order valence-electron chi connectivity index (χ1n) is 13.1. The Bertz CT molecular complexity index is 1700. The number of ether oxygens (including phenoxy) is 3. The van der Waals surface area contributed by atoms with Crippen molar-refractivity contribution in [2.24, 2.45) is 0 Å². The maximum Gasteiger partial charge on any atom is 0.573 e. The summed E-state index contributed by atoms with van der Waals surface area (Å²) in [6.07, 6.45) is -4.73. The molecule has 0 spiro atoms. The van der Waals surface area contributed by atoms with Crippen molar-refractivity contribution in [2.45, 2.75) is 32.9 Å². The SMILES string of the molecule is CCOC(=O)Cc1cc(OCc2ccccc2Cn2c(-c3ccc(OC(F)(F)F)cc3)nc3ccccc32)ccc1Cl. The summed E-state index contributed by atoms with van der Waals surface area (Å²) in [6, 6.07) is 26.3. The number of para-hydroxylation sites is 2. The molecule has 10 heteroatoms. The largest absolute Gasteiger partial charge is 0.573 e. The quantitative estimate of drug-likeness (QED) is 0.153. The van der Waals surface area contributed by atoms with Gasteiger partial charge in [-0.05, 0) is 78.2 Å². The highest BCUT2D eigenvalue weighted by Gasteiger charge is 2.31. The van der Waals surface area contributed by atoms with Crippen molar-refractivity contribution in [1.82, 2.24) is 9.55 Å². The fourth-order valence-corrected chi connectivity index (χ4v) is 4.77. The molecule has 0 saturated carbocycles. The van der Waals surface area contributed by atoms with Crippen molar-refractivity contribution in [3.8, 4) is 22.9 Å². The highest BCUT2D eigenvalue weighted by atomic mass is 35.5. The third kappa shape index (κ3) is 7.03. The fourth-order valence-electron chi connectivity index (χ4n) is 4.59. The maximum atomic E-state index is 12.7. The zero-order chi connectivity index (χ0) is 29.7. The van der Waals surface area contributed by atoms with Gasteiger partial charge in [0, 0.05) is 10.6 Å². The molecule has 0 unspecified atom stereocenters. The number of imidazole rings is 1. The van der Waals surface area contributed by atoms with Crippen LogP contribution in [0.1, 0.15) is 23.6 Å². The Morgan fingerprint density at radius 1 is 0.881 bits per heavy atom. The average molecular weight is 595 g/mol. The van der Waals surface area contributed by atoms with Crippen LogP contribution in [0.2, 0.25) is 5.02 Å². The van der Waals surface area contributed by atoms with Crippen molar-refractivity contribution in [3.63, 3.8) is 0 Å². The first kappa shape index (κ1) is 29.0. The highest BCUT2D eigenvalue weighted by molar-refractivity contribution is 6.31. The van der Waals surface area contributed by atoms with Crippen molar-refractivity contribution in [1.29, 1.82) is 0 Å². The van der Waals surface area contributed by atoms with Gasteiger partial charge in [0.15, 0.2) is 0 Å². The van der Waals surface area contributed by atoms with Gasteiger partial charge in [0.05, 0.1) is 30.6 Å². The molecular weight excluding hydrogens is 569 g/mol. The molecule has 0 aliphatic carbocycles. The molecule has 0 radical (unpaired) electrons. The highest BCUT2D eigenvalue weighted by Crippen LogP contribution is 2.30. The Kier molecular flexibility index (Phi) is 8.68. The lowest BCUT2D eigenvalue weighted by Crippen LogP contribution is -2.17. The number of esters is 1. The van der Waals surface area contributed by atoms with Crippen LogP contribution in [0.5, 0.6) is 11.5 Å². The van der Waals surface area contributed by atoms with Crippen LogP contribution in [-0.2, 0) is 29.1 Å². The summed E-state index contributed by atoms with van der Waals surface area (Å²) < 4.78 is 55.2. The topological polar surface area (TPSA) is 62.6 Å². The van der Waals surface area contributed by atoms with E-state index in [0.717, 1.165) is 22.2 Å². The third-order valence-electron chi connectivity index (χ3n) is 6.50. The second-order valence-corrected chi connectivity index (χ2v) is 9.78. The molecule has 0 atom stereocenters. The summed E-state index contributed by atoms with van der Waals surface area (Å²) in [4.78, 5) is 16.7. The minimum atomic E-state index is -4.77. The van der Waals surface area contributed by atoms with E-state index in [1.54, 1.807) is 37.3 Å². The molecule has 0 saturated heterocycles. The van der Waals surface area contributed by atoms with E-state index in [-0.39, 0.29) is 31.4 Å². The third-order valence-corrected chi connectivity index (χ3v) is 6.87. The molecular formula is C32H26ClF3N2O4. The molecule has 0 fully saturated rings. The number of hydrogen-bond donors (Lipinski definition) is 0. The van der Waals surface area contributed by atoms with Gasteiger partial charge in [-0.3, -0.25) is 4.79 Å². The normalized spacial score (nSPS) is 11.5. The van der Waals surface area contributed by atoms with Gasteiger partial charge in [-0.15, -0.1) is 13.2 Å². The van der Waals surface area contributed by atoms with Gasteiger partial charge in [0.2, 0.25) is 0 Å². The van der Waals surface area contributed by atoms with Gasteiger partial charge in [0.1, 0.15) is 23.9 Å². The number of hydrogen-bond acceptors (Lipinski definition) is 5. The van der Waals surface area contributed by atoms with Crippen LogP contribution in [0.4, 0.5) is 13.2 Å². The van der Waals surface area contributed by atoms with Crippen LogP contribution < -0.4 is 9.47 Å². The van der Waals surface area contributed by atoms with Gasteiger partial charge in [-0.1, -0.05) is 48.0 Å². The molecule has 6 nitrogen and oxygen atoms in total. The summed E-state index contributed by atoms with van der Waals surface area (Å²) in [7, 11) is 0. The Balaban J connectivity index is 1.41. The zero-order valence-electron chi connectivity index (χ0n) is 22.5. The molecule has 1 heterocycles. The molecule has 0 aliphatic heterocycles. The van der Waals surface area contributed by atoms with Crippen LogP contribution in [-0.4, -0.2) is 28.5 Å². The number of alkyl halides is 3. The molecule has 0 amide bonds. The van der Waals surface area contributed by atoms with E-state index < -0.39 is 6.36 Å². The summed E-state index contributed by atoms with van der Waals surface area (Å²) in [5.41, 5.74) is 4.79. The van der Waals surface area contributed by atoms with Crippen molar-refractivity contribution in [3.05, 3.63) is 113 Å². The number of aromatic nitrogens is 2. The lowest BCUT2D eigenvalue weighted by atomic mass is 10.1. The second kappa shape index (κ2) is 12.6. The van der Waals surface area contributed by atoms with Crippen LogP contribution in [0.25, 0.3) is 22.4 Å². The predicted octanol–water partition coefficient (Wildman–Crippen LogP) is 7.99. The number of halogens is 4. The molecule has 216 valence electrons. The zero-order valence-corrected chi connectivity index (χ0v) is 23.3. The Labute approximate surface area is 245 Å². The first-order valence-corrected chi connectivity index (χ1v) is 13.5. The van der Waals surface area contributed by atoms with E-state index in [0.29, 0.717) is 34.3 Å². The van der Waals surface area contributed by atoms with Gasteiger partial charge in [-0.25, -0.2) is 4.98 Å². The van der Waals surface area contributed by atoms with E-state index in [4.69, 9.17) is 26.1 Å². The van der Waals surface area contributed by atoms with Crippen LogP contribution in [0.3, 0.4) is 0 Å². The maximum absolute atomic E-state index is 12.7. The number of fused-ring (bicyclic) bond motifs is 1. The fraction of sp³-hybridized carbons (Fsp3) is 0.188. The van der Waals surface area contributed by atoms with E-state index >= 15 is 0 Å². The number of carbonyl (C=O) groups is 1. The lowest BCUT2D eigenvalue weighted by molar-refractivity contribution is -0.274. The number of rotatable bonds is 10. The number of carbonyl (C=O) groups excluding carboxylic acids is 1. The molecule has 1 aromatic heterocycles. The van der Waals surface area contributed by atoms with Crippen molar-refractivity contribution >= 4 is 28.6 Å². The monoisotopic (exact) mass is 594 g/mol. The van der Waals surface area contributed by atoms with Gasteiger partial charge in [-0.2, -0.15) is 0 Å². The predicted molar refractivity (Wildman–Crippen MR) is 154 cm³/mol. The summed E-state index contributed by atoms with van der Waals surface area (Å²) in [5.74, 6) is 0.493. The first-order chi connectivity index (χ1) is 20.2. The summed E-state index contributed by atoms with van der Waals surface area (Å²) >= 11 is 6.28. The average Bonchev–Trinajstić information content (AvgIpc) is 3.32. The van der Waals surface area contributed by atoms with E-state index in [9.17, 15) is 18.0 Å². The van der Waals surface area contributed by atoms with Crippen LogP contribution in [0.15, 0.2) is 91.0 Å². The molecule has 0 bridgehead atoms. The molecule has 42 heavy (non-hydrogen) atoms. The molecule has 0 N–H and O–H groups in total. The van der Waals surface area contributed by atoms with Gasteiger partial charge < -0.3 is 18.8 Å². The molecule has 4 aromatic carbocycles. The summed E-state index contributed by atoms with van der Waals surface area (Å²) in [5, 5.41) is 0.452. The number of nitrogens with zero attached hydrogens (tertiary/aromatic N) is 2. The number of benzene rings is 4. The Morgan fingerprint density at radius 2 is 1.57 bits per heavy atom. The van der Waals surface area contributed by atoms with E-state index in [1.165, 1.54) is 12.1 Å². The Hall–Kier alpha value is -4.50. The van der Waals surface area contributed by atoms with Gasteiger partial charge in [0.25, 0.3) is 0 Å². The minimum Gasteiger partial charge on any atom is -0.489 e. The lowest BCUT2D eigenvalue weighted by Gasteiger charge is -2.15. The Morgan fingerprint density at radius 3 is 2.31 bits per heavy atom. The van der Waals surface area contributed by atoms with Crippen molar-refractivity contribution in [2.75, 3.05) is 6.61 Å². The summed E-state index contributed by atoms with van der Waals surface area (Å²) in [6.45, 7) is 2.72. The van der Waals surface area contributed by atoms with E-state index in [1.807, 2.05) is 53.1 Å². The van der Waals surface area contributed by atoms with Crippen LogP contribution >= 0.6 is 11.6 Å². The second-order valence-electron chi connectivity index (χ2n) is 9.37. The minimum absolute atomic E-state index is 0.0419. The smallest absolute Gasteiger partial charge is 0.489 e. The molecule has 5 aromatic rings. The molecule has 5 rings (SSSR count). The van der Waals surface area contributed by atoms with Crippen LogP contribution in [0, 0.1) is 0 Å². The van der Waals surface area contributed by atoms with Gasteiger partial charge >= 0.3 is 12.3 Å². The standard InChI is InChI=1S/C32H26ClF3N2O4/c1-2-40-30(39)18-24-17-26(15-16-27(24)33)41-20-23-8-4-3-7-22(23)19-38-29-10-6-5-9-28(29)37-31(38)21-11-13-25(14-12-21)42-32(34,35)36/h3-17H,2,18-20H2,1H3. The molecule has 0 aliphatic rings. The van der Waals surface area contributed by atoms with E-state index in [2.05, 4.69) is 4.74 Å². The van der Waals surface area contributed by atoms with Crippen molar-refractivity contribution < 1.29 is 32.2 Å².